The third-order valence-corrected chi connectivity index (χ3v) is 2.45. The van der Waals surface area contributed by atoms with E-state index in [1.807, 2.05) is 6.07 Å². The van der Waals surface area contributed by atoms with Gasteiger partial charge in [0.1, 0.15) is 5.69 Å². The first kappa shape index (κ1) is 8.87. The second-order valence-corrected chi connectivity index (χ2v) is 3.30. The highest BCUT2D eigenvalue weighted by atomic mass is 16.3. The molecule has 1 amide bonds. The van der Waals surface area contributed by atoms with Crippen molar-refractivity contribution in [3.05, 3.63) is 28.7 Å². The monoisotopic (exact) mass is 190 g/mol. The molecule has 0 saturated carbocycles. The van der Waals surface area contributed by atoms with Crippen LogP contribution in [0.3, 0.4) is 0 Å². The van der Waals surface area contributed by atoms with Gasteiger partial charge in [0.2, 0.25) is 5.91 Å². The van der Waals surface area contributed by atoms with Crippen LogP contribution in [0.25, 0.3) is 0 Å². The first-order chi connectivity index (χ1) is 6.74. The van der Waals surface area contributed by atoms with Crippen molar-refractivity contribution < 1.29 is 4.79 Å². The summed E-state index contributed by atoms with van der Waals surface area (Å²) < 4.78 is 0. The molecule has 2 rings (SSSR count). The molecule has 1 aliphatic heterocycles. The van der Waals surface area contributed by atoms with E-state index in [2.05, 4.69) is 5.18 Å². The Morgan fingerprint density at radius 2 is 2.29 bits per heavy atom. The van der Waals surface area contributed by atoms with Crippen LogP contribution in [0.1, 0.15) is 12.5 Å². The molecule has 0 N–H and O–H groups in total. The second kappa shape index (κ2) is 3.21. The van der Waals surface area contributed by atoms with E-state index in [1.54, 1.807) is 17.0 Å². The maximum Gasteiger partial charge on any atom is 0.223 e. The van der Waals surface area contributed by atoms with Crippen LogP contribution in [0, 0.1) is 4.91 Å². The third-order valence-electron chi connectivity index (χ3n) is 2.45. The number of rotatable bonds is 1. The molecular weight excluding hydrogens is 180 g/mol. The van der Waals surface area contributed by atoms with Crippen molar-refractivity contribution in [2.45, 2.75) is 13.3 Å². The maximum absolute atomic E-state index is 11.3. The van der Waals surface area contributed by atoms with Gasteiger partial charge in [-0.2, -0.15) is 0 Å². The number of hydrogen-bond donors (Lipinski definition) is 0. The van der Waals surface area contributed by atoms with E-state index >= 15 is 0 Å². The minimum Gasteiger partial charge on any atom is -0.310 e. The van der Waals surface area contributed by atoms with Gasteiger partial charge in [-0.15, -0.1) is 4.91 Å². The number of nitroso groups, excluding NO2 is 1. The number of fused-ring (bicyclic) bond motifs is 1. The summed E-state index contributed by atoms with van der Waals surface area (Å²) in [5.41, 5.74) is 2.07. The van der Waals surface area contributed by atoms with Crippen LogP contribution in [0.4, 0.5) is 11.4 Å². The molecule has 72 valence electrons. The molecule has 1 aromatic carbocycles. The van der Waals surface area contributed by atoms with Crippen molar-refractivity contribution in [3.8, 4) is 0 Å². The molecule has 0 atom stereocenters. The van der Waals surface area contributed by atoms with Crippen LogP contribution in [0.2, 0.25) is 0 Å². The Hall–Kier alpha value is -1.71. The van der Waals surface area contributed by atoms with Crippen molar-refractivity contribution in [1.82, 2.24) is 0 Å². The van der Waals surface area contributed by atoms with Crippen molar-refractivity contribution in [1.29, 1.82) is 0 Å². The number of anilines is 1. The number of hydrogen-bond acceptors (Lipinski definition) is 3. The standard InChI is InChI=1S/C10H10N2O2/c1-7(13)12-6-5-8-3-2-4-9(11-14)10(8)12/h2-4H,5-6H2,1H3. The average Bonchev–Trinajstić information content (AvgIpc) is 2.60. The molecule has 4 nitrogen and oxygen atoms in total. The van der Waals surface area contributed by atoms with E-state index in [0.717, 1.165) is 12.0 Å². The Morgan fingerprint density at radius 3 is 2.93 bits per heavy atom. The molecule has 0 bridgehead atoms. The third kappa shape index (κ3) is 1.19. The molecule has 0 saturated heterocycles. The zero-order chi connectivity index (χ0) is 10.1. The highest BCUT2D eigenvalue weighted by Gasteiger charge is 2.25. The number of nitrogens with zero attached hydrogens (tertiary/aromatic N) is 2. The fourth-order valence-electron chi connectivity index (χ4n) is 1.82. The Kier molecular flexibility index (Phi) is 2.04. The highest BCUT2D eigenvalue weighted by molar-refractivity contribution is 5.97. The molecule has 4 heteroatoms. The van der Waals surface area contributed by atoms with Crippen molar-refractivity contribution in [3.63, 3.8) is 0 Å². The summed E-state index contributed by atoms with van der Waals surface area (Å²) in [5.74, 6) is -0.0418. The minimum absolute atomic E-state index is 0.0418. The van der Waals surface area contributed by atoms with Gasteiger partial charge >= 0.3 is 0 Å². The van der Waals surface area contributed by atoms with Crippen molar-refractivity contribution in [2.75, 3.05) is 11.4 Å². The number of benzene rings is 1. The summed E-state index contributed by atoms with van der Waals surface area (Å²) in [6, 6.07) is 5.35. The number of carbonyl (C=O) groups excluding carboxylic acids is 1. The molecule has 0 spiro atoms. The molecule has 0 radical (unpaired) electrons. The van der Waals surface area contributed by atoms with Gasteiger partial charge in [0.15, 0.2) is 0 Å². The van der Waals surface area contributed by atoms with Crippen molar-refractivity contribution >= 4 is 17.3 Å². The van der Waals surface area contributed by atoms with Crippen LogP contribution < -0.4 is 4.90 Å². The summed E-state index contributed by atoms with van der Waals surface area (Å²) in [6.07, 6.45) is 0.804. The summed E-state index contributed by atoms with van der Waals surface area (Å²) >= 11 is 0. The van der Waals surface area contributed by atoms with Crippen LogP contribution in [0.15, 0.2) is 23.4 Å². The van der Waals surface area contributed by atoms with Gasteiger partial charge in [-0.1, -0.05) is 12.1 Å². The number of para-hydroxylation sites is 1. The quantitative estimate of drug-likeness (QED) is 0.636. The second-order valence-electron chi connectivity index (χ2n) is 3.30. The molecule has 1 aliphatic rings. The predicted molar refractivity (Wildman–Crippen MR) is 53.6 cm³/mol. The van der Waals surface area contributed by atoms with E-state index in [9.17, 15) is 9.70 Å². The van der Waals surface area contributed by atoms with E-state index in [4.69, 9.17) is 0 Å². The zero-order valence-corrected chi connectivity index (χ0v) is 7.86. The lowest BCUT2D eigenvalue weighted by Gasteiger charge is -2.15. The molecule has 1 heterocycles. The van der Waals surface area contributed by atoms with Gasteiger partial charge in [-0.05, 0) is 23.2 Å². The fraction of sp³-hybridized carbons (Fsp3) is 0.300. The molecule has 0 fully saturated rings. The van der Waals surface area contributed by atoms with E-state index < -0.39 is 0 Å². The molecule has 0 unspecified atom stereocenters. The fourth-order valence-corrected chi connectivity index (χ4v) is 1.82. The van der Waals surface area contributed by atoms with Crippen LogP contribution >= 0.6 is 0 Å². The molecule has 1 aromatic rings. The smallest absolute Gasteiger partial charge is 0.223 e. The first-order valence-corrected chi connectivity index (χ1v) is 4.47. The minimum atomic E-state index is -0.0418. The normalized spacial score (nSPS) is 13.9. The number of carbonyl (C=O) groups is 1. The summed E-state index contributed by atoms with van der Waals surface area (Å²) in [7, 11) is 0. The van der Waals surface area contributed by atoms with Gasteiger partial charge in [-0.25, -0.2) is 0 Å². The first-order valence-electron chi connectivity index (χ1n) is 4.47. The van der Waals surface area contributed by atoms with Gasteiger partial charge in [0.25, 0.3) is 0 Å². The molecule has 14 heavy (non-hydrogen) atoms. The Bertz CT molecular complexity index is 401. The lowest BCUT2D eigenvalue weighted by atomic mass is 10.1. The van der Waals surface area contributed by atoms with Gasteiger partial charge in [0, 0.05) is 13.5 Å². The van der Waals surface area contributed by atoms with Gasteiger partial charge in [-0.3, -0.25) is 4.79 Å². The van der Waals surface area contributed by atoms with E-state index in [1.165, 1.54) is 6.92 Å². The van der Waals surface area contributed by atoms with Gasteiger partial charge < -0.3 is 4.90 Å². The van der Waals surface area contributed by atoms with Gasteiger partial charge in [0.05, 0.1) is 5.69 Å². The Labute approximate surface area is 81.5 Å². The Balaban J connectivity index is 2.56. The van der Waals surface area contributed by atoms with Crippen LogP contribution in [-0.2, 0) is 11.2 Å². The molecule has 0 aliphatic carbocycles. The van der Waals surface area contributed by atoms with Crippen LogP contribution in [0.5, 0.6) is 0 Å². The molecular formula is C10H10N2O2. The number of amides is 1. The summed E-state index contributed by atoms with van der Waals surface area (Å²) in [4.78, 5) is 23.4. The SMILES string of the molecule is CC(=O)N1CCc2cccc(N=O)c21. The lowest BCUT2D eigenvalue weighted by Crippen LogP contribution is -2.25. The zero-order valence-electron chi connectivity index (χ0n) is 7.86. The van der Waals surface area contributed by atoms with Crippen molar-refractivity contribution in [2.24, 2.45) is 5.18 Å². The topological polar surface area (TPSA) is 49.7 Å². The average molecular weight is 190 g/mol. The van der Waals surface area contributed by atoms with E-state index in [0.29, 0.717) is 17.9 Å². The van der Waals surface area contributed by atoms with E-state index in [-0.39, 0.29) is 5.91 Å². The largest absolute Gasteiger partial charge is 0.310 e. The Morgan fingerprint density at radius 1 is 1.50 bits per heavy atom. The summed E-state index contributed by atoms with van der Waals surface area (Å²) in [5, 5.41) is 2.93. The molecule has 0 aromatic heterocycles. The lowest BCUT2D eigenvalue weighted by molar-refractivity contribution is -0.116. The van der Waals surface area contributed by atoms with Crippen LogP contribution in [-0.4, -0.2) is 12.5 Å². The highest BCUT2D eigenvalue weighted by Crippen LogP contribution is 2.36. The predicted octanol–water partition coefficient (Wildman–Crippen LogP) is 1.99. The maximum atomic E-state index is 11.3. The summed E-state index contributed by atoms with van der Waals surface area (Å²) in [6.45, 7) is 2.15.